The van der Waals surface area contributed by atoms with E-state index in [1.54, 1.807) is 0 Å². The van der Waals surface area contributed by atoms with Crippen molar-refractivity contribution < 1.29 is 4.74 Å². The van der Waals surface area contributed by atoms with Crippen LogP contribution < -0.4 is 0 Å². The Hall–Kier alpha value is -1.23. The first-order valence-electron chi connectivity index (χ1n) is 10.2. The maximum atomic E-state index is 5.96. The molecule has 1 fully saturated rings. The number of pyridine rings is 1. The highest BCUT2D eigenvalue weighted by Crippen LogP contribution is 2.42. The van der Waals surface area contributed by atoms with E-state index in [9.17, 15) is 0 Å². The molecule has 0 amide bonds. The van der Waals surface area contributed by atoms with E-state index in [1.807, 2.05) is 24.5 Å². The van der Waals surface area contributed by atoms with Gasteiger partial charge in [-0.1, -0.05) is 6.07 Å². The molecular formula is C23H34N2OS. The molecule has 27 heavy (non-hydrogen) atoms. The second-order valence-electron chi connectivity index (χ2n) is 8.57. The molecule has 4 heteroatoms. The Morgan fingerprint density at radius 3 is 2.67 bits per heavy atom. The first-order chi connectivity index (χ1) is 12.8. The van der Waals surface area contributed by atoms with Crippen molar-refractivity contribution in [3.63, 3.8) is 0 Å². The van der Waals surface area contributed by atoms with Crippen LogP contribution in [-0.4, -0.2) is 36.2 Å². The molecule has 3 nitrogen and oxygen atoms in total. The van der Waals surface area contributed by atoms with Crippen molar-refractivity contribution in [1.29, 1.82) is 0 Å². The van der Waals surface area contributed by atoms with Crippen molar-refractivity contribution in [3.8, 4) is 0 Å². The molecule has 1 aliphatic heterocycles. The Bertz CT molecular complexity index is 737. The van der Waals surface area contributed by atoms with Gasteiger partial charge in [0, 0.05) is 45.8 Å². The lowest BCUT2D eigenvalue weighted by molar-refractivity contribution is 0.0386. The summed E-state index contributed by atoms with van der Waals surface area (Å²) in [4.78, 5) is 10.1. The molecule has 0 aliphatic carbocycles. The van der Waals surface area contributed by atoms with Crippen LogP contribution in [0.4, 0.5) is 0 Å². The van der Waals surface area contributed by atoms with Gasteiger partial charge in [-0.05, 0) is 84.2 Å². The van der Waals surface area contributed by atoms with Gasteiger partial charge in [0.05, 0.1) is 6.61 Å². The van der Waals surface area contributed by atoms with Crippen molar-refractivity contribution in [2.75, 3.05) is 26.3 Å². The topological polar surface area (TPSA) is 25.4 Å². The summed E-state index contributed by atoms with van der Waals surface area (Å²) in [7, 11) is 0. The fraction of sp³-hybridized carbons (Fsp3) is 0.609. The average Bonchev–Trinajstić information content (AvgIpc) is 3.26. The second kappa shape index (κ2) is 8.42. The third kappa shape index (κ3) is 4.79. The first-order valence-corrected chi connectivity index (χ1v) is 11.0. The minimum absolute atomic E-state index is 0.00577. The van der Waals surface area contributed by atoms with Crippen molar-refractivity contribution in [1.82, 2.24) is 9.88 Å². The summed E-state index contributed by atoms with van der Waals surface area (Å²) in [6, 6.07) is 8.89. The van der Waals surface area contributed by atoms with E-state index < -0.39 is 0 Å². The number of ether oxygens (including phenoxy) is 1. The normalized spacial score (nSPS) is 21.1. The molecule has 2 aromatic heterocycles. The van der Waals surface area contributed by atoms with Crippen LogP contribution in [0, 0.1) is 19.3 Å². The van der Waals surface area contributed by atoms with Gasteiger partial charge in [0.2, 0.25) is 0 Å². The van der Waals surface area contributed by atoms with E-state index in [-0.39, 0.29) is 11.0 Å². The molecule has 3 heterocycles. The Morgan fingerprint density at radius 2 is 2.04 bits per heavy atom. The zero-order chi connectivity index (χ0) is 19.5. The maximum Gasteiger partial charge on any atom is 0.0535 e. The molecule has 3 rings (SSSR count). The minimum Gasteiger partial charge on any atom is -0.381 e. The molecule has 0 spiro atoms. The molecule has 0 bridgehead atoms. The molecule has 1 atom stereocenters. The first kappa shape index (κ1) is 20.5. The number of nitrogens with zero attached hydrogens (tertiary/aromatic N) is 2. The van der Waals surface area contributed by atoms with Gasteiger partial charge in [-0.25, -0.2) is 0 Å². The van der Waals surface area contributed by atoms with Gasteiger partial charge in [0.25, 0.3) is 0 Å². The third-order valence-corrected chi connectivity index (χ3v) is 7.22. The number of thiophene rings is 1. The summed E-state index contributed by atoms with van der Waals surface area (Å²) in [5, 5.41) is 0. The number of aryl methyl sites for hydroxylation is 3. The number of aromatic nitrogens is 1. The molecule has 0 N–H and O–H groups in total. The fourth-order valence-electron chi connectivity index (χ4n) is 4.15. The number of hydrogen-bond acceptors (Lipinski definition) is 4. The maximum absolute atomic E-state index is 5.96. The Morgan fingerprint density at radius 1 is 1.22 bits per heavy atom. The molecule has 1 aliphatic rings. The van der Waals surface area contributed by atoms with Gasteiger partial charge in [0.15, 0.2) is 0 Å². The van der Waals surface area contributed by atoms with Crippen molar-refractivity contribution in [2.45, 2.75) is 59.4 Å². The van der Waals surface area contributed by atoms with Crippen LogP contribution in [-0.2, 0) is 16.7 Å². The van der Waals surface area contributed by atoms with Gasteiger partial charge >= 0.3 is 0 Å². The lowest BCUT2D eigenvalue weighted by atomic mass is 9.82. The quantitative estimate of drug-likeness (QED) is 0.611. The van der Waals surface area contributed by atoms with Gasteiger partial charge in [-0.2, -0.15) is 0 Å². The molecule has 148 valence electrons. The van der Waals surface area contributed by atoms with Crippen LogP contribution in [0.1, 0.15) is 54.6 Å². The number of hydrogen-bond donors (Lipinski definition) is 0. The predicted molar refractivity (Wildman–Crippen MR) is 114 cm³/mol. The largest absolute Gasteiger partial charge is 0.381 e. The Balaban J connectivity index is 1.73. The summed E-state index contributed by atoms with van der Waals surface area (Å²) < 4.78 is 5.96. The number of rotatable bonds is 8. The van der Waals surface area contributed by atoms with E-state index in [2.05, 4.69) is 61.8 Å². The van der Waals surface area contributed by atoms with Crippen LogP contribution in [0.2, 0.25) is 0 Å². The van der Waals surface area contributed by atoms with Crippen molar-refractivity contribution in [2.24, 2.45) is 5.41 Å². The predicted octanol–water partition coefficient (Wildman–Crippen LogP) is 5.36. The SMILES string of the molecule is CCOC[C@@]1(CCc2ccc(C)s2)CCN(C(C)(C)c2ccc(C)nc2)C1. The van der Waals surface area contributed by atoms with Crippen LogP contribution >= 0.6 is 11.3 Å². The minimum atomic E-state index is -0.00577. The average molecular weight is 387 g/mol. The standard InChI is InChI=1S/C23H34N2OS/c1-6-26-17-23(12-11-21-10-8-19(3)27-21)13-14-25(16-23)22(4,5)20-9-7-18(2)24-15-20/h7-10,15H,6,11-14,16-17H2,1-5H3/t23-/m0/s1. The highest BCUT2D eigenvalue weighted by atomic mass is 32.1. The molecule has 0 unspecified atom stereocenters. The lowest BCUT2D eigenvalue weighted by Gasteiger charge is -2.38. The Kier molecular flexibility index (Phi) is 6.39. The monoisotopic (exact) mass is 386 g/mol. The van der Waals surface area contributed by atoms with E-state index in [4.69, 9.17) is 4.74 Å². The lowest BCUT2D eigenvalue weighted by Crippen LogP contribution is -2.42. The van der Waals surface area contributed by atoms with E-state index in [0.717, 1.165) is 38.4 Å². The van der Waals surface area contributed by atoms with E-state index in [0.29, 0.717) is 0 Å². The van der Waals surface area contributed by atoms with Gasteiger partial charge < -0.3 is 4.74 Å². The van der Waals surface area contributed by atoms with Crippen LogP contribution in [0.25, 0.3) is 0 Å². The van der Waals surface area contributed by atoms with Crippen molar-refractivity contribution in [3.05, 3.63) is 51.5 Å². The zero-order valence-electron chi connectivity index (χ0n) is 17.5. The summed E-state index contributed by atoms with van der Waals surface area (Å²) in [5.74, 6) is 0. The molecular weight excluding hydrogens is 352 g/mol. The summed E-state index contributed by atoms with van der Waals surface area (Å²) in [5.41, 5.74) is 2.62. The summed E-state index contributed by atoms with van der Waals surface area (Å²) in [6.07, 6.45) is 5.62. The molecule has 1 saturated heterocycles. The molecule has 0 aromatic carbocycles. The molecule has 0 saturated carbocycles. The third-order valence-electron chi connectivity index (χ3n) is 6.16. The fourth-order valence-corrected chi connectivity index (χ4v) is 5.03. The van der Waals surface area contributed by atoms with Gasteiger partial charge in [0.1, 0.15) is 0 Å². The summed E-state index contributed by atoms with van der Waals surface area (Å²) >= 11 is 1.94. The van der Waals surface area contributed by atoms with Gasteiger partial charge in [-0.15, -0.1) is 11.3 Å². The van der Waals surface area contributed by atoms with Crippen molar-refractivity contribution >= 4 is 11.3 Å². The number of likely N-dealkylation sites (tertiary alicyclic amines) is 1. The zero-order valence-corrected chi connectivity index (χ0v) is 18.4. The highest BCUT2D eigenvalue weighted by molar-refractivity contribution is 7.11. The smallest absolute Gasteiger partial charge is 0.0535 e. The van der Waals surface area contributed by atoms with Crippen LogP contribution in [0.15, 0.2) is 30.5 Å². The van der Waals surface area contributed by atoms with Crippen LogP contribution in [0.5, 0.6) is 0 Å². The van der Waals surface area contributed by atoms with E-state index >= 15 is 0 Å². The van der Waals surface area contributed by atoms with Crippen LogP contribution in [0.3, 0.4) is 0 Å². The second-order valence-corrected chi connectivity index (χ2v) is 9.94. The van der Waals surface area contributed by atoms with Gasteiger partial charge in [-0.3, -0.25) is 9.88 Å². The summed E-state index contributed by atoms with van der Waals surface area (Å²) in [6.45, 7) is 14.9. The highest BCUT2D eigenvalue weighted by Gasteiger charge is 2.43. The molecule has 0 radical (unpaired) electrons. The Labute approximate surface area is 168 Å². The van der Waals surface area contributed by atoms with E-state index in [1.165, 1.54) is 28.2 Å². The molecule has 2 aromatic rings.